The maximum Gasteiger partial charge on any atom is 0.339 e. The average Bonchev–Trinajstić information content (AvgIpc) is 2.55. The molecule has 0 radical (unpaired) electrons. The van der Waals surface area contributed by atoms with Gasteiger partial charge in [-0.15, -0.1) is 0 Å². The van der Waals surface area contributed by atoms with Gasteiger partial charge < -0.3 is 15.6 Å². The number of amides is 1. The van der Waals surface area contributed by atoms with Crippen LogP contribution in [0.3, 0.4) is 0 Å². The van der Waals surface area contributed by atoms with E-state index in [2.05, 4.69) is 4.74 Å². The summed E-state index contributed by atoms with van der Waals surface area (Å²) in [5.74, 6) is -3.21. The Hall–Kier alpha value is -2.74. The second-order valence-electron chi connectivity index (χ2n) is 4.95. The number of para-hydroxylation sites is 1. The molecule has 0 bridgehead atoms. The van der Waals surface area contributed by atoms with Gasteiger partial charge in [-0.1, -0.05) is 18.2 Å². The van der Waals surface area contributed by atoms with Crippen molar-refractivity contribution in [2.24, 2.45) is 5.73 Å². The molecule has 3 N–H and O–H groups in total. The Bertz CT molecular complexity index is 603. The highest BCUT2D eigenvalue weighted by Crippen LogP contribution is 2.26. The van der Waals surface area contributed by atoms with E-state index in [1.54, 1.807) is 18.2 Å². The molecule has 0 spiro atoms. The van der Waals surface area contributed by atoms with Crippen molar-refractivity contribution in [2.45, 2.75) is 24.9 Å². The molecule has 8 nitrogen and oxygen atoms in total. The summed E-state index contributed by atoms with van der Waals surface area (Å²) in [5.41, 5.74) is 3.62. The number of nitrogens with zero attached hydrogens (tertiary/aromatic N) is 1. The first-order valence-electron chi connectivity index (χ1n) is 6.68. The number of nitrogens with two attached hydrogens (primary N) is 1. The van der Waals surface area contributed by atoms with Crippen molar-refractivity contribution >= 4 is 29.8 Å². The number of carbonyl (C=O) groups is 4. The second-order valence-corrected chi connectivity index (χ2v) is 4.95. The van der Waals surface area contributed by atoms with E-state index in [4.69, 9.17) is 10.8 Å². The molecule has 8 heteroatoms. The number of benzene rings is 1. The number of hydrogen-bond donors (Lipinski definition) is 2. The van der Waals surface area contributed by atoms with Crippen LogP contribution in [0.25, 0.3) is 0 Å². The van der Waals surface area contributed by atoms with Gasteiger partial charge in [-0.3, -0.25) is 19.3 Å². The predicted molar refractivity (Wildman–Crippen MR) is 80.6 cm³/mol. The van der Waals surface area contributed by atoms with E-state index >= 15 is 0 Å². The number of rotatable bonds is 8. The lowest BCUT2D eigenvalue weighted by Crippen LogP contribution is -2.59. The minimum Gasteiger partial charge on any atom is -0.480 e. The first-order chi connectivity index (χ1) is 10.8. The molecule has 0 unspecified atom stereocenters. The van der Waals surface area contributed by atoms with E-state index in [0.29, 0.717) is 6.41 Å². The van der Waals surface area contributed by atoms with Gasteiger partial charge >= 0.3 is 11.9 Å². The molecule has 0 aromatic heterocycles. The summed E-state index contributed by atoms with van der Waals surface area (Å²) >= 11 is 0. The van der Waals surface area contributed by atoms with Gasteiger partial charge in [0.05, 0.1) is 7.11 Å². The van der Waals surface area contributed by atoms with Crippen LogP contribution in [-0.2, 0) is 23.9 Å². The number of ketones is 1. The molecule has 1 rings (SSSR count). The summed E-state index contributed by atoms with van der Waals surface area (Å²) in [6.45, 7) is 1.19. The van der Waals surface area contributed by atoms with Crippen LogP contribution < -0.4 is 10.6 Å². The zero-order valence-electron chi connectivity index (χ0n) is 12.8. The minimum atomic E-state index is -2.02. The standard InChI is InChI=1S/C15H18N2O6/c1-15(14(22)23-2,12(19)8-11(16)13(20)21)17(9-18)10-6-4-3-5-7-10/h3-7,9,11H,8,16H2,1-2H3,(H,20,21)/t11-,15+/m0/s1. The van der Waals surface area contributed by atoms with E-state index in [1.165, 1.54) is 19.1 Å². The van der Waals surface area contributed by atoms with Crippen LogP contribution in [-0.4, -0.2) is 47.9 Å². The zero-order chi connectivity index (χ0) is 17.6. The number of carbonyl (C=O) groups excluding carboxylic acids is 3. The molecule has 0 saturated carbocycles. The number of hydrogen-bond acceptors (Lipinski definition) is 6. The Kier molecular flexibility index (Phi) is 5.97. The van der Waals surface area contributed by atoms with Crippen molar-refractivity contribution in [2.75, 3.05) is 12.0 Å². The van der Waals surface area contributed by atoms with Crippen molar-refractivity contribution in [3.63, 3.8) is 0 Å². The smallest absolute Gasteiger partial charge is 0.339 e. The van der Waals surface area contributed by atoms with Crippen molar-refractivity contribution < 1.29 is 29.0 Å². The number of methoxy groups -OCH3 is 1. The lowest BCUT2D eigenvalue weighted by molar-refractivity contribution is -0.152. The molecule has 0 fully saturated rings. The Morgan fingerprint density at radius 1 is 1.35 bits per heavy atom. The average molecular weight is 322 g/mol. The molecule has 0 saturated heterocycles. The van der Waals surface area contributed by atoms with Crippen LogP contribution in [0.2, 0.25) is 0 Å². The topological polar surface area (TPSA) is 127 Å². The largest absolute Gasteiger partial charge is 0.480 e. The molecule has 0 heterocycles. The van der Waals surface area contributed by atoms with E-state index in [0.717, 1.165) is 12.0 Å². The highest BCUT2D eigenvalue weighted by atomic mass is 16.5. The van der Waals surface area contributed by atoms with Crippen LogP contribution in [0, 0.1) is 0 Å². The molecular weight excluding hydrogens is 304 g/mol. The van der Waals surface area contributed by atoms with Crippen molar-refractivity contribution in [3.05, 3.63) is 30.3 Å². The quantitative estimate of drug-likeness (QED) is 0.390. The lowest BCUT2D eigenvalue weighted by Gasteiger charge is -2.35. The Morgan fingerprint density at radius 3 is 2.35 bits per heavy atom. The number of ether oxygens (including phenoxy) is 1. The van der Waals surface area contributed by atoms with Crippen molar-refractivity contribution in [3.8, 4) is 0 Å². The molecule has 2 atom stereocenters. The lowest BCUT2D eigenvalue weighted by atomic mass is 9.89. The summed E-state index contributed by atoms with van der Waals surface area (Å²) in [6, 6.07) is 6.51. The highest BCUT2D eigenvalue weighted by molar-refractivity contribution is 6.15. The van der Waals surface area contributed by atoms with Gasteiger partial charge in [0.2, 0.25) is 11.9 Å². The molecule has 0 aliphatic carbocycles. The molecule has 0 aliphatic rings. The Morgan fingerprint density at radius 2 is 1.91 bits per heavy atom. The SMILES string of the molecule is COC(=O)[C@@](C)(C(=O)C[C@H](N)C(=O)O)N(C=O)c1ccccc1. The van der Waals surface area contributed by atoms with Crippen molar-refractivity contribution in [1.29, 1.82) is 0 Å². The minimum absolute atomic E-state index is 0.285. The fourth-order valence-electron chi connectivity index (χ4n) is 2.04. The number of Topliss-reactive ketones (excluding diaryl/α,β-unsaturated/α-hetero) is 1. The Labute approximate surface area is 132 Å². The predicted octanol–water partition coefficient (Wildman–Crippen LogP) is -0.0478. The molecule has 124 valence electrons. The number of aliphatic carboxylic acids is 1. The fraction of sp³-hybridized carbons (Fsp3) is 0.333. The normalized spacial score (nSPS) is 14.2. The third-order valence-electron chi connectivity index (χ3n) is 3.47. The van der Waals surface area contributed by atoms with Gasteiger partial charge in [-0.05, 0) is 19.1 Å². The van der Waals surface area contributed by atoms with E-state index < -0.39 is 35.7 Å². The van der Waals surface area contributed by atoms with Gasteiger partial charge in [-0.2, -0.15) is 0 Å². The summed E-state index contributed by atoms with van der Waals surface area (Å²) in [4.78, 5) is 47.9. The first-order valence-corrected chi connectivity index (χ1v) is 6.68. The van der Waals surface area contributed by atoms with Gasteiger partial charge in [0.1, 0.15) is 6.04 Å². The summed E-state index contributed by atoms with van der Waals surface area (Å²) in [7, 11) is 1.07. The van der Waals surface area contributed by atoms with Crippen LogP contribution in [0.15, 0.2) is 30.3 Å². The number of esters is 1. The number of anilines is 1. The molecular formula is C15H18N2O6. The molecule has 1 aromatic rings. The van der Waals surface area contributed by atoms with Gasteiger partial charge in [0, 0.05) is 12.1 Å². The van der Waals surface area contributed by atoms with Crippen LogP contribution in [0.4, 0.5) is 5.69 Å². The summed E-state index contributed by atoms with van der Waals surface area (Å²) in [5, 5.41) is 8.83. The highest BCUT2D eigenvalue weighted by Gasteiger charge is 2.48. The monoisotopic (exact) mass is 322 g/mol. The molecule has 1 amide bonds. The summed E-state index contributed by atoms with van der Waals surface area (Å²) in [6.07, 6.45) is -0.311. The van der Waals surface area contributed by atoms with Crippen LogP contribution >= 0.6 is 0 Å². The summed E-state index contributed by atoms with van der Waals surface area (Å²) < 4.78 is 4.63. The van der Waals surface area contributed by atoms with Crippen molar-refractivity contribution in [1.82, 2.24) is 0 Å². The Balaban J connectivity index is 3.30. The third-order valence-corrected chi connectivity index (χ3v) is 3.47. The van der Waals surface area contributed by atoms with Gasteiger partial charge in [0.15, 0.2) is 5.78 Å². The fourth-order valence-corrected chi connectivity index (χ4v) is 2.04. The maximum absolute atomic E-state index is 12.5. The van der Waals surface area contributed by atoms with Crippen LogP contribution in [0.5, 0.6) is 0 Å². The number of carboxylic acid groups (broad SMARTS) is 1. The maximum atomic E-state index is 12.5. The second kappa shape index (κ2) is 7.50. The first kappa shape index (κ1) is 18.3. The van der Waals surface area contributed by atoms with Gasteiger partial charge in [-0.25, -0.2) is 4.79 Å². The van der Waals surface area contributed by atoms with E-state index in [1.807, 2.05) is 0 Å². The molecule has 1 aromatic carbocycles. The molecule has 0 aliphatic heterocycles. The van der Waals surface area contributed by atoms with E-state index in [-0.39, 0.29) is 5.69 Å². The van der Waals surface area contributed by atoms with Crippen LogP contribution in [0.1, 0.15) is 13.3 Å². The zero-order valence-corrected chi connectivity index (χ0v) is 12.8. The molecule has 23 heavy (non-hydrogen) atoms. The van der Waals surface area contributed by atoms with Gasteiger partial charge in [0.25, 0.3) is 0 Å². The third kappa shape index (κ3) is 3.72. The van der Waals surface area contributed by atoms with E-state index in [9.17, 15) is 19.2 Å². The number of carboxylic acids is 1.